The minimum Gasteiger partial charge on any atom is -0.472 e. The maximum Gasteiger partial charge on any atom is 0.271 e. The first-order chi connectivity index (χ1) is 16.0. The molecule has 164 valence electrons. The third kappa shape index (κ3) is 4.15. The highest BCUT2D eigenvalue weighted by Gasteiger charge is 2.32. The molecule has 0 spiro atoms. The first kappa shape index (κ1) is 21.4. The Kier molecular flexibility index (Phi) is 5.70. The molecular weight excluding hydrogens is 502 g/mol. The van der Waals surface area contributed by atoms with Crippen molar-refractivity contribution in [2.45, 2.75) is 13.0 Å². The molecule has 0 bridgehead atoms. The van der Waals surface area contributed by atoms with Gasteiger partial charge in [-0.25, -0.2) is 4.99 Å². The number of para-hydroxylation sites is 1. The topological polar surface area (TPSA) is 76.6 Å². The Morgan fingerprint density at radius 3 is 2.61 bits per heavy atom. The van der Waals surface area contributed by atoms with E-state index in [1.165, 1.54) is 11.3 Å². The predicted molar refractivity (Wildman–Crippen MR) is 132 cm³/mol. The molecule has 1 atom stereocenters. The van der Waals surface area contributed by atoms with Crippen molar-refractivity contribution in [3.63, 3.8) is 0 Å². The highest BCUT2D eigenvalue weighted by molar-refractivity contribution is 9.10. The van der Waals surface area contributed by atoms with Gasteiger partial charge in [0.1, 0.15) is 0 Å². The fourth-order valence-electron chi connectivity index (χ4n) is 3.80. The molecule has 1 N–H and O–H groups in total. The van der Waals surface area contributed by atoms with Gasteiger partial charge in [-0.1, -0.05) is 57.6 Å². The number of hydrogen-bond donors (Lipinski definition) is 1. The lowest BCUT2D eigenvalue weighted by Crippen LogP contribution is -2.40. The van der Waals surface area contributed by atoms with Crippen molar-refractivity contribution in [2.24, 2.45) is 4.99 Å². The van der Waals surface area contributed by atoms with Gasteiger partial charge in [0.05, 0.1) is 34.4 Å². The van der Waals surface area contributed by atoms with E-state index < -0.39 is 6.04 Å². The van der Waals surface area contributed by atoms with Gasteiger partial charge in [-0.05, 0) is 48.9 Å². The molecule has 2 aromatic heterocycles. The highest BCUT2D eigenvalue weighted by atomic mass is 79.9. The van der Waals surface area contributed by atoms with Crippen LogP contribution in [0.2, 0.25) is 0 Å². The summed E-state index contributed by atoms with van der Waals surface area (Å²) in [6.45, 7) is 1.80. The Labute approximate surface area is 201 Å². The first-order valence-corrected chi connectivity index (χ1v) is 11.8. The molecule has 0 saturated heterocycles. The van der Waals surface area contributed by atoms with Gasteiger partial charge in [-0.2, -0.15) is 0 Å². The number of nitrogens with one attached hydrogen (secondary N) is 1. The standard InChI is InChI=1S/C25H18BrN3O3S/c1-15-21(23(30)28-19-5-3-2-4-6-19)22(17-7-9-18(26)10-8-17)29-24(31)20(33-25(29)27-15)13-16-11-12-32-14-16/h2-14,22H,1H3,(H,28,30)/b20-13+/t22-/m0/s1. The summed E-state index contributed by atoms with van der Waals surface area (Å²) in [4.78, 5) is 32.1. The summed E-state index contributed by atoms with van der Waals surface area (Å²) in [7, 11) is 0. The summed E-state index contributed by atoms with van der Waals surface area (Å²) in [5, 5.41) is 2.95. The molecule has 5 rings (SSSR count). The van der Waals surface area contributed by atoms with Crippen LogP contribution in [0, 0.1) is 0 Å². The number of hydrogen-bond acceptors (Lipinski definition) is 5. The number of allylic oxidation sites excluding steroid dienone is 1. The number of furan rings is 1. The van der Waals surface area contributed by atoms with Crippen LogP contribution in [0.4, 0.5) is 5.69 Å². The second-order valence-electron chi connectivity index (χ2n) is 7.51. The second kappa shape index (κ2) is 8.80. The van der Waals surface area contributed by atoms with Gasteiger partial charge in [-0.3, -0.25) is 14.2 Å². The minimum atomic E-state index is -0.607. The number of halogens is 1. The van der Waals surface area contributed by atoms with Crippen LogP contribution in [0.1, 0.15) is 24.1 Å². The summed E-state index contributed by atoms with van der Waals surface area (Å²) in [6, 6.07) is 18.0. The van der Waals surface area contributed by atoms with Gasteiger partial charge in [0.15, 0.2) is 4.80 Å². The number of carbonyl (C=O) groups excluding carboxylic acids is 1. The summed E-state index contributed by atoms with van der Waals surface area (Å²) in [5.41, 5.74) is 3.09. The van der Waals surface area contributed by atoms with E-state index in [0.29, 0.717) is 26.3 Å². The molecule has 2 aromatic carbocycles. The van der Waals surface area contributed by atoms with Crippen LogP contribution in [0.25, 0.3) is 6.08 Å². The zero-order valence-corrected chi connectivity index (χ0v) is 19.9. The molecule has 0 aliphatic carbocycles. The Bertz CT molecular complexity index is 1530. The van der Waals surface area contributed by atoms with Gasteiger partial charge in [0.25, 0.3) is 11.5 Å². The van der Waals surface area contributed by atoms with E-state index >= 15 is 0 Å². The number of benzene rings is 2. The average Bonchev–Trinajstić information content (AvgIpc) is 3.42. The molecule has 33 heavy (non-hydrogen) atoms. The predicted octanol–water partition coefficient (Wildman–Crippen LogP) is 4.23. The van der Waals surface area contributed by atoms with E-state index in [-0.39, 0.29) is 11.5 Å². The van der Waals surface area contributed by atoms with Crippen LogP contribution in [-0.4, -0.2) is 10.5 Å². The maximum atomic E-state index is 13.5. The molecule has 0 radical (unpaired) electrons. The lowest BCUT2D eigenvalue weighted by atomic mass is 9.95. The van der Waals surface area contributed by atoms with Gasteiger partial charge in [0, 0.05) is 15.7 Å². The Morgan fingerprint density at radius 2 is 1.91 bits per heavy atom. The van der Waals surface area contributed by atoms with Crippen LogP contribution < -0.4 is 20.2 Å². The molecule has 8 heteroatoms. The van der Waals surface area contributed by atoms with Crippen LogP contribution in [-0.2, 0) is 4.79 Å². The van der Waals surface area contributed by atoms with Gasteiger partial charge < -0.3 is 9.73 Å². The van der Waals surface area contributed by atoms with Crippen molar-refractivity contribution in [1.29, 1.82) is 0 Å². The second-order valence-corrected chi connectivity index (χ2v) is 9.43. The fraction of sp³-hybridized carbons (Fsp3) is 0.0800. The number of amides is 1. The van der Waals surface area contributed by atoms with Crippen LogP contribution in [0.15, 0.2) is 103 Å². The zero-order valence-electron chi connectivity index (χ0n) is 17.5. The highest BCUT2D eigenvalue weighted by Crippen LogP contribution is 2.31. The molecule has 0 unspecified atom stereocenters. The molecule has 0 saturated carbocycles. The number of aromatic nitrogens is 1. The van der Waals surface area contributed by atoms with E-state index in [2.05, 4.69) is 26.2 Å². The molecule has 1 amide bonds. The molecule has 6 nitrogen and oxygen atoms in total. The zero-order chi connectivity index (χ0) is 22.9. The van der Waals surface area contributed by atoms with Crippen molar-refractivity contribution < 1.29 is 9.21 Å². The summed E-state index contributed by atoms with van der Waals surface area (Å²) >= 11 is 4.76. The Balaban J connectivity index is 1.68. The number of anilines is 1. The van der Waals surface area contributed by atoms with Crippen molar-refractivity contribution in [3.05, 3.63) is 120 Å². The van der Waals surface area contributed by atoms with Crippen LogP contribution in [0.5, 0.6) is 0 Å². The molecule has 4 aromatic rings. The van der Waals surface area contributed by atoms with Crippen molar-refractivity contribution in [2.75, 3.05) is 5.32 Å². The molecule has 3 heterocycles. The quantitative estimate of drug-likeness (QED) is 0.438. The summed E-state index contributed by atoms with van der Waals surface area (Å²) in [5.74, 6) is -0.292. The van der Waals surface area contributed by atoms with E-state index in [0.717, 1.165) is 15.6 Å². The Morgan fingerprint density at radius 1 is 1.15 bits per heavy atom. The van der Waals surface area contributed by atoms with E-state index in [1.807, 2.05) is 54.6 Å². The number of nitrogens with zero attached hydrogens (tertiary/aromatic N) is 2. The first-order valence-electron chi connectivity index (χ1n) is 10.2. The largest absolute Gasteiger partial charge is 0.472 e. The number of fused-ring (bicyclic) bond motifs is 1. The number of thiazole rings is 1. The third-order valence-corrected chi connectivity index (χ3v) is 6.84. The molecule has 1 aliphatic rings. The number of rotatable bonds is 4. The molecule has 1 aliphatic heterocycles. The Hall–Kier alpha value is -3.49. The fourth-order valence-corrected chi connectivity index (χ4v) is 5.11. The van der Waals surface area contributed by atoms with Crippen LogP contribution in [0.3, 0.4) is 0 Å². The lowest BCUT2D eigenvalue weighted by molar-refractivity contribution is -0.113. The van der Waals surface area contributed by atoms with E-state index in [1.54, 1.807) is 36.2 Å². The maximum absolute atomic E-state index is 13.5. The van der Waals surface area contributed by atoms with Gasteiger partial charge in [-0.15, -0.1) is 0 Å². The van der Waals surface area contributed by atoms with Crippen molar-refractivity contribution in [1.82, 2.24) is 4.57 Å². The molecule has 0 fully saturated rings. The lowest BCUT2D eigenvalue weighted by Gasteiger charge is -2.25. The smallest absolute Gasteiger partial charge is 0.271 e. The van der Waals surface area contributed by atoms with Crippen molar-refractivity contribution in [3.8, 4) is 0 Å². The normalized spacial score (nSPS) is 15.8. The SMILES string of the molecule is CC1=C(C(=O)Nc2ccccc2)[C@H](c2ccc(Br)cc2)n2c(s/c(=C/c3ccoc3)c2=O)=N1. The summed E-state index contributed by atoms with van der Waals surface area (Å²) in [6.07, 6.45) is 4.91. The number of carbonyl (C=O) groups is 1. The van der Waals surface area contributed by atoms with Gasteiger partial charge >= 0.3 is 0 Å². The van der Waals surface area contributed by atoms with E-state index in [9.17, 15) is 9.59 Å². The third-order valence-electron chi connectivity index (χ3n) is 5.32. The summed E-state index contributed by atoms with van der Waals surface area (Å²) < 4.78 is 8.17. The minimum absolute atomic E-state index is 0.203. The van der Waals surface area contributed by atoms with Gasteiger partial charge in [0.2, 0.25) is 0 Å². The average molecular weight is 520 g/mol. The van der Waals surface area contributed by atoms with E-state index in [4.69, 9.17) is 4.42 Å². The van der Waals surface area contributed by atoms with Crippen LogP contribution >= 0.6 is 27.3 Å². The van der Waals surface area contributed by atoms with Crippen molar-refractivity contribution >= 4 is 44.9 Å². The monoisotopic (exact) mass is 519 g/mol. The molecular formula is C25H18BrN3O3S.